The number of quaternary nitrogens is 1. The largest absolute Gasteiger partial charge is 0.385 e. The first kappa shape index (κ1) is 20.4. The lowest BCUT2D eigenvalue weighted by Crippen LogP contribution is -3.14. The topological polar surface area (TPSA) is 21.8 Å². The summed E-state index contributed by atoms with van der Waals surface area (Å²) in [6.45, 7) is 12.2. The second-order valence-corrected chi connectivity index (χ2v) is 13.2. The van der Waals surface area contributed by atoms with Crippen molar-refractivity contribution >= 4 is 8.58 Å². The molecule has 2 aromatic carbocycles. The Bertz CT molecular complexity index is 1080. The van der Waals surface area contributed by atoms with E-state index in [0.717, 1.165) is 8.58 Å². The Morgan fingerprint density at radius 3 is 2.58 bits per heavy atom. The van der Waals surface area contributed by atoms with E-state index in [2.05, 4.69) is 83.1 Å². The summed E-state index contributed by atoms with van der Waals surface area (Å²) in [7, 11) is 3.11. The molecule has 2 aromatic rings. The molecule has 0 aromatic heterocycles. The van der Waals surface area contributed by atoms with Crippen molar-refractivity contribution in [2.75, 3.05) is 7.05 Å². The second kappa shape index (κ2) is 6.41. The third-order valence-electron chi connectivity index (χ3n) is 9.33. The lowest BCUT2D eigenvalue weighted by molar-refractivity contribution is -0.920. The Balaban J connectivity index is 1.57. The van der Waals surface area contributed by atoms with Gasteiger partial charge in [0.25, 0.3) is 0 Å². The fourth-order valence-electron chi connectivity index (χ4n) is 7.04. The number of hydrogen-bond donors (Lipinski definition) is 1. The molecule has 4 aliphatic rings. The van der Waals surface area contributed by atoms with E-state index in [4.69, 9.17) is 5.53 Å². The molecular formula is C27H36N3P. The van der Waals surface area contributed by atoms with Crippen molar-refractivity contribution in [3.05, 3.63) is 64.2 Å². The molecule has 0 amide bonds. The Kier molecular flexibility index (Phi) is 4.21. The van der Waals surface area contributed by atoms with Gasteiger partial charge in [0.15, 0.2) is 0 Å². The van der Waals surface area contributed by atoms with Crippen molar-refractivity contribution in [1.29, 1.82) is 0 Å². The van der Waals surface area contributed by atoms with E-state index >= 15 is 0 Å². The van der Waals surface area contributed by atoms with E-state index in [1.54, 1.807) is 22.3 Å². The molecule has 0 saturated carbocycles. The normalized spacial score (nSPS) is 40.3. The highest BCUT2D eigenvalue weighted by Crippen LogP contribution is 2.76. The Morgan fingerprint density at radius 2 is 1.81 bits per heavy atom. The summed E-state index contributed by atoms with van der Waals surface area (Å²) in [4.78, 5) is 0. The highest BCUT2D eigenvalue weighted by atomic mass is 31.1. The second-order valence-electron chi connectivity index (χ2n) is 11.0. The van der Waals surface area contributed by atoms with Gasteiger partial charge < -0.3 is 15.6 Å². The van der Waals surface area contributed by atoms with E-state index in [1.165, 1.54) is 41.8 Å². The van der Waals surface area contributed by atoms with Crippen LogP contribution in [0.4, 0.5) is 0 Å². The monoisotopic (exact) mass is 433 g/mol. The first-order valence-corrected chi connectivity index (χ1v) is 13.2. The number of benzene rings is 2. The standard InChI is InChI=1S/C27H36N3P/c1-7-8-11-14-25(3)21-13-10-9-12-18(21)19-15-23-20(16-22(19)25)24-17(2)29(6)28-30(24)27(5)26(23,4)31-27/h9-10,12-13,15-17,24,30-31H,7-8,11,14H2,1-6H3/t17?,24?,25?,26?,27-/m0/s1. The minimum Gasteiger partial charge on any atom is -0.385 e. The van der Waals surface area contributed by atoms with Crippen LogP contribution >= 0.6 is 8.58 Å². The minimum absolute atomic E-state index is 0.120. The van der Waals surface area contributed by atoms with Crippen molar-refractivity contribution in [3.8, 4) is 11.1 Å². The van der Waals surface area contributed by atoms with Crippen LogP contribution in [0.25, 0.3) is 16.7 Å². The van der Waals surface area contributed by atoms with E-state index in [0.29, 0.717) is 12.1 Å². The van der Waals surface area contributed by atoms with Gasteiger partial charge in [0.05, 0.1) is 5.16 Å². The van der Waals surface area contributed by atoms with Crippen molar-refractivity contribution in [2.24, 2.45) is 0 Å². The van der Waals surface area contributed by atoms with Gasteiger partial charge in [-0.25, -0.2) is 0 Å². The molecule has 0 spiro atoms. The van der Waals surface area contributed by atoms with Crippen LogP contribution in [0.5, 0.6) is 0 Å². The van der Waals surface area contributed by atoms with Gasteiger partial charge in [0.1, 0.15) is 11.3 Å². The van der Waals surface area contributed by atoms with E-state index in [-0.39, 0.29) is 15.9 Å². The molecule has 6 rings (SSSR count). The van der Waals surface area contributed by atoms with Crippen molar-refractivity contribution in [3.63, 3.8) is 0 Å². The minimum atomic E-state index is 0.120. The molecule has 6 unspecified atom stereocenters. The molecule has 3 heterocycles. The van der Waals surface area contributed by atoms with Gasteiger partial charge in [-0.05, 0) is 82.8 Å². The zero-order valence-electron chi connectivity index (χ0n) is 19.8. The highest BCUT2D eigenvalue weighted by molar-refractivity contribution is 7.50. The summed E-state index contributed by atoms with van der Waals surface area (Å²) in [6, 6.07) is 15.4. The molecule has 0 radical (unpaired) electrons. The molecular weight excluding hydrogens is 397 g/mol. The van der Waals surface area contributed by atoms with Crippen LogP contribution in [-0.4, -0.2) is 23.4 Å². The van der Waals surface area contributed by atoms with Crippen LogP contribution < -0.4 is 5.01 Å². The van der Waals surface area contributed by atoms with Gasteiger partial charge in [-0.3, -0.25) is 0 Å². The Morgan fingerprint density at radius 1 is 1.03 bits per heavy atom. The van der Waals surface area contributed by atoms with Crippen molar-refractivity contribution < 1.29 is 5.01 Å². The molecule has 4 heteroatoms. The van der Waals surface area contributed by atoms with Crippen LogP contribution in [0, 0.1) is 0 Å². The van der Waals surface area contributed by atoms with E-state index < -0.39 is 0 Å². The number of nitrogens with zero attached hydrogens (tertiary/aromatic N) is 2. The number of nitrogens with one attached hydrogen (secondary N) is 1. The third kappa shape index (κ3) is 2.39. The molecule has 3 aliphatic heterocycles. The fraction of sp³-hybridized carbons (Fsp3) is 0.556. The highest BCUT2D eigenvalue weighted by Gasteiger charge is 2.73. The van der Waals surface area contributed by atoms with Gasteiger partial charge >= 0.3 is 0 Å². The average molecular weight is 434 g/mol. The number of unbranched alkanes of at least 4 members (excludes halogenated alkanes) is 2. The maximum absolute atomic E-state index is 5.12. The molecule has 1 N–H and O–H groups in total. The summed E-state index contributed by atoms with van der Waals surface area (Å²) >= 11 is 0. The summed E-state index contributed by atoms with van der Waals surface area (Å²) in [5.41, 5.74) is 14.5. The van der Waals surface area contributed by atoms with Crippen LogP contribution in [0.3, 0.4) is 0 Å². The van der Waals surface area contributed by atoms with Crippen LogP contribution in [0.1, 0.15) is 88.6 Å². The predicted octanol–water partition coefficient (Wildman–Crippen LogP) is 5.65. The van der Waals surface area contributed by atoms with Crippen LogP contribution in [0.15, 0.2) is 36.4 Å². The molecule has 2 fully saturated rings. The molecule has 1 aliphatic carbocycles. The van der Waals surface area contributed by atoms with E-state index in [1.807, 2.05) is 0 Å². The maximum atomic E-state index is 5.12. The maximum Gasteiger partial charge on any atom is 0.120 e. The summed E-state index contributed by atoms with van der Waals surface area (Å²) in [6.07, 6.45) is 5.13. The molecule has 3 nitrogen and oxygen atoms in total. The van der Waals surface area contributed by atoms with Gasteiger partial charge in [0.2, 0.25) is 0 Å². The third-order valence-corrected chi connectivity index (χ3v) is 11.6. The van der Waals surface area contributed by atoms with Gasteiger partial charge in [-0.15, -0.1) is 0 Å². The van der Waals surface area contributed by atoms with Crippen molar-refractivity contribution in [2.45, 2.75) is 88.2 Å². The first-order chi connectivity index (χ1) is 14.8. The quantitative estimate of drug-likeness (QED) is 0.488. The Labute approximate surface area is 189 Å². The Hall–Kier alpha value is -1.25. The zero-order valence-corrected chi connectivity index (χ0v) is 20.8. The molecule has 7 atom stereocenters. The number of hydrogen-bond acceptors (Lipinski definition) is 1. The summed E-state index contributed by atoms with van der Waals surface area (Å²) in [5.74, 6) is 0. The van der Waals surface area contributed by atoms with Crippen molar-refractivity contribution in [1.82, 2.24) is 5.01 Å². The van der Waals surface area contributed by atoms with Gasteiger partial charge in [0, 0.05) is 17.0 Å². The average Bonchev–Trinajstić information content (AvgIpc) is 3.10. The van der Waals surface area contributed by atoms with Crippen LogP contribution in [0.2, 0.25) is 0 Å². The summed E-state index contributed by atoms with van der Waals surface area (Å²) in [5, 5.41) is 4.19. The molecule has 164 valence electrons. The van der Waals surface area contributed by atoms with Crippen LogP contribution in [-0.2, 0) is 10.6 Å². The molecule has 0 bridgehead atoms. The lowest BCUT2D eigenvalue weighted by atomic mass is 9.73. The number of rotatable bonds is 4. The summed E-state index contributed by atoms with van der Waals surface area (Å²) < 4.78 is 0. The van der Waals surface area contributed by atoms with E-state index in [9.17, 15) is 0 Å². The fourth-order valence-corrected chi connectivity index (χ4v) is 8.92. The van der Waals surface area contributed by atoms with Gasteiger partial charge in [-0.2, -0.15) is 0 Å². The molecule has 31 heavy (non-hydrogen) atoms. The number of likely N-dealkylation sites (N-methyl/N-ethyl adjacent to an activating group) is 1. The zero-order chi connectivity index (χ0) is 21.8. The SMILES string of the molecule is CCCCCC1(C)c2ccccc2-c2cc3c(cc21)C1C(C)N(C)[N-][NH+]1[C@@]1(C)PC31C. The number of fused-ring (bicyclic) bond motifs is 9. The molecule has 2 saturated heterocycles. The lowest BCUT2D eigenvalue weighted by Gasteiger charge is -2.43. The smallest absolute Gasteiger partial charge is 0.120 e. The predicted molar refractivity (Wildman–Crippen MR) is 131 cm³/mol. The van der Waals surface area contributed by atoms with Gasteiger partial charge in [-0.1, -0.05) is 57.4 Å². The first-order valence-electron chi connectivity index (χ1n) is 12.2.